The molecule has 0 saturated carbocycles. The van der Waals surface area contributed by atoms with Crippen LogP contribution in [0.25, 0.3) is 0 Å². The quantitative estimate of drug-likeness (QED) is 0.311. The highest BCUT2D eigenvalue weighted by molar-refractivity contribution is 7.89. The molecule has 172 valence electrons. The first-order chi connectivity index (χ1) is 14.7. The fourth-order valence-electron chi connectivity index (χ4n) is 2.91. The minimum absolute atomic E-state index is 0.142. The average molecular weight is 598 g/mol. The number of ketones is 1. The van der Waals surface area contributed by atoms with E-state index in [1.807, 2.05) is 0 Å². The molecule has 2 N–H and O–H groups in total. The molecular formula is C19H13Cl7N2O3S. The van der Waals surface area contributed by atoms with Crippen molar-refractivity contribution < 1.29 is 13.2 Å². The van der Waals surface area contributed by atoms with Crippen LogP contribution in [0.2, 0.25) is 5.02 Å². The summed E-state index contributed by atoms with van der Waals surface area (Å²) in [6.07, 6.45) is 0. The van der Waals surface area contributed by atoms with Crippen molar-refractivity contribution in [1.82, 2.24) is 4.72 Å². The van der Waals surface area contributed by atoms with Crippen molar-refractivity contribution in [2.24, 2.45) is 0 Å². The highest BCUT2D eigenvalue weighted by Crippen LogP contribution is 2.58. The third kappa shape index (κ3) is 4.35. The molecule has 0 unspecified atom stereocenters. The monoisotopic (exact) mass is 594 g/mol. The van der Waals surface area contributed by atoms with Crippen LogP contribution < -0.4 is 10.0 Å². The number of nitrogens with one attached hydrogen (secondary N) is 2. The summed E-state index contributed by atoms with van der Waals surface area (Å²) in [5, 5.41) is 1.99. The highest BCUT2D eigenvalue weighted by atomic mass is 35.5. The van der Waals surface area contributed by atoms with Crippen molar-refractivity contribution in [2.75, 3.05) is 5.32 Å². The van der Waals surface area contributed by atoms with Crippen molar-refractivity contribution in [1.29, 1.82) is 0 Å². The van der Waals surface area contributed by atoms with Crippen LogP contribution in [0.3, 0.4) is 0 Å². The second kappa shape index (κ2) is 8.99. The molecule has 0 fully saturated rings. The Balaban J connectivity index is 2.27. The van der Waals surface area contributed by atoms with Crippen LogP contribution in [0, 0.1) is 6.92 Å². The summed E-state index contributed by atoms with van der Waals surface area (Å²) in [7, 11) is -4.37. The van der Waals surface area contributed by atoms with Crippen LogP contribution in [-0.4, -0.2) is 28.5 Å². The number of alkyl halides is 4. The van der Waals surface area contributed by atoms with Gasteiger partial charge in [0.25, 0.3) is 0 Å². The summed E-state index contributed by atoms with van der Waals surface area (Å²) in [6.45, 7) is 1.79. The largest absolute Gasteiger partial charge is 0.359 e. The van der Waals surface area contributed by atoms with Gasteiger partial charge in [0.15, 0.2) is 5.66 Å². The van der Waals surface area contributed by atoms with Gasteiger partial charge in [-0.15, -0.1) is 0 Å². The van der Waals surface area contributed by atoms with Crippen LogP contribution in [0.1, 0.15) is 5.56 Å². The van der Waals surface area contributed by atoms with Gasteiger partial charge in [0.1, 0.15) is 5.03 Å². The first-order valence-electron chi connectivity index (χ1n) is 8.66. The third-order valence-electron chi connectivity index (χ3n) is 4.67. The van der Waals surface area contributed by atoms with Crippen LogP contribution in [-0.2, 0) is 14.8 Å². The molecule has 3 rings (SSSR count). The van der Waals surface area contributed by atoms with Gasteiger partial charge < -0.3 is 5.32 Å². The van der Waals surface area contributed by atoms with Gasteiger partial charge in [-0.25, -0.2) is 8.42 Å². The number of sulfonamides is 1. The van der Waals surface area contributed by atoms with E-state index in [2.05, 4.69) is 10.0 Å². The lowest BCUT2D eigenvalue weighted by Gasteiger charge is -2.50. The zero-order chi connectivity index (χ0) is 24.1. The standard InChI is InChI=1S/C19H13Cl7N2O3S/c1-10-2-8-13(9-3-10)32(30,31)28-18(27-12-6-4-11(20)5-7-12)15(22)14(21)16(29)17(23,24)19(18,25)26/h2-9,27-28H,1H3/t18-/m0/s1. The Bertz CT molecular complexity index is 1200. The predicted octanol–water partition coefficient (Wildman–Crippen LogP) is 6.35. The van der Waals surface area contributed by atoms with Gasteiger partial charge in [0.05, 0.1) is 9.93 Å². The van der Waals surface area contributed by atoms with Gasteiger partial charge in [-0.3, -0.25) is 4.79 Å². The van der Waals surface area contributed by atoms with Crippen molar-refractivity contribution in [3.63, 3.8) is 0 Å². The molecule has 5 nitrogen and oxygen atoms in total. The molecule has 0 radical (unpaired) electrons. The highest BCUT2D eigenvalue weighted by Gasteiger charge is 2.71. The lowest BCUT2D eigenvalue weighted by Crippen LogP contribution is -2.73. The van der Waals surface area contributed by atoms with Crippen LogP contribution in [0.4, 0.5) is 5.69 Å². The molecular weight excluding hydrogens is 584 g/mol. The van der Waals surface area contributed by atoms with E-state index in [0.29, 0.717) is 5.02 Å². The fraction of sp³-hybridized carbons (Fsp3) is 0.211. The summed E-state index contributed by atoms with van der Waals surface area (Å²) in [5.74, 6) is -1.10. The topological polar surface area (TPSA) is 75.3 Å². The van der Waals surface area contributed by atoms with Crippen LogP contribution in [0.15, 0.2) is 63.5 Å². The summed E-state index contributed by atoms with van der Waals surface area (Å²) < 4.78 is 23.8. The Morgan fingerprint density at radius 2 is 1.38 bits per heavy atom. The van der Waals surface area contributed by atoms with E-state index in [4.69, 9.17) is 81.2 Å². The van der Waals surface area contributed by atoms with E-state index < -0.39 is 40.2 Å². The van der Waals surface area contributed by atoms with Crippen molar-refractivity contribution in [3.05, 3.63) is 69.2 Å². The summed E-state index contributed by atoms with van der Waals surface area (Å²) >= 11 is 44.0. The first kappa shape index (κ1) is 26.2. The van der Waals surface area contributed by atoms with Gasteiger partial charge in [-0.1, -0.05) is 98.9 Å². The second-order valence-electron chi connectivity index (χ2n) is 6.91. The molecule has 13 heteroatoms. The number of carbonyl (C=O) groups excluding carboxylic acids is 1. The second-order valence-corrected chi connectivity index (χ2v) is 12.4. The molecule has 1 atom stereocenters. The molecule has 0 spiro atoms. The third-order valence-corrected chi connectivity index (χ3v) is 9.75. The lowest BCUT2D eigenvalue weighted by molar-refractivity contribution is -0.116. The van der Waals surface area contributed by atoms with E-state index in [1.54, 1.807) is 19.1 Å². The number of halogens is 7. The first-order valence-corrected chi connectivity index (χ1v) is 12.8. The minimum Gasteiger partial charge on any atom is -0.359 e. The maximum absolute atomic E-state index is 13.3. The van der Waals surface area contributed by atoms with Gasteiger partial charge in [0, 0.05) is 10.7 Å². The van der Waals surface area contributed by atoms with E-state index in [-0.39, 0.29) is 10.6 Å². The predicted molar refractivity (Wildman–Crippen MR) is 132 cm³/mol. The molecule has 0 heterocycles. The molecule has 0 amide bonds. The molecule has 0 saturated heterocycles. The summed E-state index contributed by atoms with van der Waals surface area (Å²) in [4.78, 5) is 12.5. The number of aryl methyl sites for hydroxylation is 1. The number of hydrogen-bond acceptors (Lipinski definition) is 4. The molecule has 32 heavy (non-hydrogen) atoms. The molecule has 1 aliphatic rings. The zero-order valence-electron chi connectivity index (χ0n) is 15.9. The Kier molecular flexibility index (Phi) is 7.36. The van der Waals surface area contributed by atoms with Crippen LogP contribution in [0.5, 0.6) is 0 Å². The van der Waals surface area contributed by atoms with E-state index in [0.717, 1.165) is 5.56 Å². The maximum atomic E-state index is 13.3. The van der Waals surface area contributed by atoms with Crippen LogP contribution >= 0.6 is 81.2 Å². The number of allylic oxidation sites excluding steroid dienone is 1. The molecule has 0 bridgehead atoms. The van der Waals surface area contributed by atoms with Crippen molar-refractivity contribution in [3.8, 4) is 0 Å². The zero-order valence-corrected chi connectivity index (χ0v) is 22.0. The number of anilines is 1. The minimum atomic E-state index is -4.37. The number of Topliss-reactive ketones (excluding diaryl/α,β-unsaturated/α-hetero) is 1. The maximum Gasteiger partial charge on any atom is 0.242 e. The smallest absolute Gasteiger partial charge is 0.242 e. The van der Waals surface area contributed by atoms with E-state index in [1.165, 1.54) is 36.4 Å². The van der Waals surface area contributed by atoms with Gasteiger partial charge in [-0.05, 0) is 43.3 Å². The number of benzene rings is 2. The van der Waals surface area contributed by atoms with Crippen molar-refractivity contribution in [2.45, 2.75) is 26.1 Å². The number of carbonyl (C=O) groups is 1. The van der Waals surface area contributed by atoms with Crippen molar-refractivity contribution >= 4 is 103 Å². The number of hydrogen-bond donors (Lipinski definition) is 2. The Morgan fingerprint density at radius 1 is 0.844 bits per heavy atom. The van der Waals surface area contributed by atoms with Gasteiger partial charge in [0.2, 0.25) is 24.5 Å². The summed E-state index contributed by atoms with van der Waals surface area (Å²) in [6, 6.07) is 11.9. The Hall–Kier alpha value is -0.410. The molecule has 1 aliphatic carbocycles. The Labute approximate surface area is 219 Å². The van der Waals surface area contributed by atoms with Gasteiger partial charge >= 0.3 is 0 Å². The SMILES string of the molecule is Cc1ccc(S(=O)(=O)N[C@@]2(Nc3ccc(Cl)cc3)C(Cl)=C(Cl)C(=O)C(Cl)(Cl)C2(Cl)Cl)cc1. The molecule has 0 aromatic heterocycles. The van der Waals surface area contributed by atoms with E-state index >= 15 is 0 Å². The van der Waals surface area contributed by atoms with Gasteiger partial charge in [-0.2, -0.15) is 4.72 Å². The van der Waals surface area contributed by atoms with E-state index in [9.17, 15) is 13.2 Å². The normalized spacial score (nSPS) is 22.7. The fourth-order valence-corrected chi connectivity index (χ4v) is 6.35. The average Bonchev–Trinajstić information content (AvgIpc) is 2.72. The Morgan fingerprint density at radius 3 is 1.91 bits per heavy atom. The summed E-state index contributed by atoms with van der Waals surface area (Å²) in [5.41, 5.74) is -1.29. The molecule has 0 aliphatic heterocycles. The molecule has 2 aromatic rings. The lowest BCUT2D eigenvalue weighted by atomic mass is 9.92. The molecule has 2 aromatic carbocycles. The number of rotatable bonds is 5.